The molecule has 18 heteroatoms. The first-order valence-corrected chi connectivity index (χ1v) is 12.7. The Balaban J connectivity index is 0.000000420. The largest absolute Gasteiger partial charge is 0.394 e. The Morgan fingerprint density at radius 3 is 1.33 bits per heavy atom. The summed E-state index contributed by atoms with van der Waals surface area (Å²) >= 11 is 0. The molecule has 0 bridgehead atoms. The summed E-state index contributed by atoms with van der Waals surface area (Å²) in [4.78, 5) is 15.5. The summed E-state index contributed by atoms with van der Waals surface area (Å²) in [5.41, 5.74) is 0.453. The van der Waals surface area contributed by atoms with Crippen molar-refractivity contribution in [1.29, 1.82) is 0 Å². The van der Waals surface area contributed by atoms with Crippen LogP contribution >= 0.6 is 0 Å². The molecular weight excluding hydrogens is 568 g/mol. The Bertz CT molecular complexity index is 1010. The van der Waals surface area contributed by atoms with Crippen LogP contribution in [0.25, 0.3) is 0 Å². The average molecular weight is 609 g/mol. The van der Waals surface area contributed by atoms with Gasteiger partial charge in [-0.15, -0.1) is 0 Å². The number of hydrogen-bond acceptors (Lipinski definition) is 18. The molecule has 0 saturated heterocycles. The van der Waals surface area contributed by atoms with Gasteiger partial charge in [-0.05, 0) is 0 Å². The zero-order valence-electron chi connectivity index (χ0n) is 22.4. The Hall–Kier alpha value is -2.40. The van der Waals surface area contributed by atoms with Gasteiger partial charge in [-0.2, -0.15) is 0 Å². The maximum absolute atomic E-state index is 9.83. The van der Waals surface area contributed by atoms with Gasteiger partial charge in [0, 0.05) is 25.2 Å². The highest BCUT2D eigenvalue weighted by atomic mass is 16.4. The predicted molar refractivity (Wildman–Crippen MR) is 138 cm³/mol. The van der Waals surface area contributed by atoms with Gasteiger partial charge in [-0.25, -0.2) is 0 Å². The summed E-state index contributed by atoms with van der Waals surface area (Å²) in [5, 5.41) is 130. The van der Waals surface area contributed by atoms with E-state index in [1.165, 1.54) is 12.4 Å². The first kappa shape index (κ1) is 37.6. The second kappa shape index (κ2) is 19.0. The van der Waals surface area contributed by atoms with E-state index < -0.39 is 87.5 Å². The van der Waals surface area contributed by atoms with E-state index in [0.29, 0.717) is 5.69 Å². The highest BCUT2D eigenvalue weighted by Crippen LogP contribution is 2.18. The minimum Gasteiger partial charge on any atom is -0.394 e. The molecule has 0 fully saturated rings. The molecular formula is C24H40N4O14. The molecule has 10 unspecified atom stereocenters. The van der Waals surface area contributed by atoms with E-state index >= 15 is 0 Å². The Morgan fingerprint density at radius 1 is 0.452 bits per heavy atom. The Morgan fingerprint density at radius 2 is 0.905 bits per heavy atom. The summed E-state index contributed by atoms with van der Waals surface area (Å²) in [7, 11) is 0. The lowest BCUT2D eigenvalue weighted by Crippen LogP contribution is -2.35. The van der Waals surface area contributed by atoms with Crippen LogP contribution < -0.4 is 0 Å². The van der Waals surface area contributed by atoms with Crippen molar-refractivity contribution < 1.29 is 71.5 Å². The van der Waals surface area contributed by atoms with Crippen LogP contribution in [0.3, 0.4) is 0 Å². The fourth-order valence-corrected chi connectivity index (χ4v) is 3.22. The molecule has 0 aliphatic carbocycles. The van der Waals surface area contributed by atoms with Crippen molar-refractivity contribution >= 4 is 0 Å². The molecule has 0 aromatic carbocycles. The molecule has 2 heterocycles. The molecule has 0 spiro atoms. The van der Waals surface area contributed by atoms with Crippen LogP contribution in [0, 0.1) is 0 Å². The maximum atomic E-state index is 9.83. The summed E-state index contributed by atoms with van der Waals surface area (Å²) < 4.78 is 0. The van der Waals surface area contributed by atoms with Gasteiger partial charge in [-0.3, -0.25) is 19.9 Å². The molecule has 42 heavy (non-hydrogen) atoms. The molecule has 10 atom stereocenters. The number of aliphatic hydroxyl groups excluding tert-OH is 14. The third-order valence-electron chi connectivity index (χ3n) is 5.94. The molecule has 2 rings (SSSR count). The number of aromatic nitrogens is 4. The highest BCUT2D eigenvalue weighted by Gasteiger charge is 2.28. The van der Waals surface area contributed by atoms with Crippen molar-refractivity contribution in [2.24, 2.45) is 0 Å². The topological polar surface area (TPSA) is 335 Å². The maximum Gasteiger partial charge on any atom is 0.126 e. The van der Waals surface area contributed by atoms with E-state index in [0.717, 1.165) is 12.4 Å². The van der Waals surface area contributed by atoms with Crippen molar-refractivity contribution in [2.45, 2.75) is 73.9 Å². The van der Waals surface area contributed by atoms with E-state index in [-0.39, 0.29) is 29.9 Å². The molecule has 0 aliphatic heterocycles. The van der Waals surface area contributed by atoms with Gasteiger partial charge >= 0.3 is 0 Å². The van der Waals surface area contributed by atoms with Crippen LogP contribution in [-0.4, -0.2) is 167 Å². The fourth-order valence-electron chi connectivity index (χ4n) is 3.22. The van der Waals surface area contributed by atoms with E-state index in [4.69, 9.17) is 20.4 Å². The summed E-state index contributed by atoms with van der Waals surface area (Å²) in [5.74, 6) is 0. The van der Waals surface area contributed by atoms with E-state index in [1.54, 1.807) is 0 Å². The van der Waals surface area contributed by atoms with Crippen LogP contribution in [0.1, 0.15) is 35.0 Å². The predicted octanol–water partition coefficient (Wildman–Crippen LogP) is -7.04. The SMILES string of the molecule is OCC(O)C(O)Cc1cnc(C(O)C(O)C(O)CO)cn1.OCC(O)C(O)Cc1cncc(C(O)C(O)C(O)CO)n1. The molecule has 18 nitrogen and oxygen atoms in total. The molecule has 0 amide bonds. The average Bonchev–Trinajstić information content (AvgIpc) is 3.02. The lowest BCUT2D eigenvalue weighted by atomic mass is 10.1. The van der Waals surface area contributed by atoms with Crippen LogP contribution in [0.15, 0.2) is 24.8 Å². The highest BCUT2D eigenvalue weighted by molar-refractivity contribution is 5.10. The quantitative estimate of drug-likeness (QED) is 0.0841. The van der Waals surface area contributed by atoms with E-state index in [9.17, 15) is 51.1 Å². The lowest BCUT2D eigenvalue weighted by molar-refractivity contribution is -0.0791. The molecule has 2 aromatic rings. The normalized spacial score (nSPS) is 18.8. The van der Waals surface area contributed by atoms with Crippen molar-refractivity contribution in [3.63, 3.8) is 0 Å². The minimum atomic E-state index is -1.65. The monoisotopic (exact) mass is 608 g/mol. The Kier molecular flexibility index (Phi) is 17.0. The molecule has 0 saturated carbocycles. The van der Waals surface area contributed by atoms with Gasteiger partial charge in [0.1, 0.15) is 48.8 Å². The first-order valence-electron chi connectivity index (χ1n) is 12.7. The van der Waals surface area contributed by atoms with Crippen molar-refractivity contribution in [1.82, 2.24) is 19.9 Å². The van der Waals surface area contributed by atoms with Gasteiger partial charge in [-0.1, -0.05) is 0 Å². The molecule has 2 aromatic heterocycles. The standard InChI is InChI=1S/2C12H20N2O7/c15-4-9(18)8(17)1-6-2-14-7(3-13-6)11(20)12(21)10(19)5-16;15-4-9(18)8(17)1-6-2-13-3-7(14-6)11(20)12(21)10(19)5-16/h2*2-3,8-12,15-21H,1,4-5H2. The second-order valence-electron chi connectivity index (χ2n) is 9.28. The van der Waals surface area contributed by atoms with Gasteiger partial charge in [0.25, 0.3) is 0 Å². The fraction of sp³-hybridized carbons (Fsp3) is 0.667. The number of aliphatic hydroxyl groups is 14. The van der Waals surface area contributed by atoms with Gasteiger partial charge in [0.2, 0.25) is 0 Å². The van der Waals surface area contributed by atoms with Gasteiger partial charge < -0.3 is 71.5 Å². The third-order valence-corrected chi connectivity index (χ3v) is 5.94. The van der Waals surface area contributed by atoms with Crippen LogP contribution in [0.2, 0.25) is 0 Å². The first-order chi connectivity index (χ1) is 19.8. The molecule has 0 radical (unpaired) electrons. The number of nitrogens with zero attached hydrogens (tertiary/aromatic N) is 4. The van der Waals surface area contributed by atoms with Crippen molar-refractivity contribution in [3.8, 4) is 0 Å². The number of hydrogen-bond donors (Lipinski definition) is 14. The summed E-state index contributed by atoms with van der Waals surface area (Å²) in [6, 6.07) is 0. The molecule has 14 N–H and O–H groups in total. The van der Waals surface area contributed by atoms with Gasteiger partial charge in [0.05, 0.1) is 73.8 Å². The van der Waals surface area contributed by atoms with Crippen molar-refractivity contribution in [2.75, 3.05) is 26.4 Å². The number of rotatable bonds is 16. The van der Waals surface area contributed by atoms with Gasteiger partial charge in [0.15, 0.2) is 0 Å². The zero-order chi connectivity index (χ0) is 32.0. The Labute approximate surface area is 239 Å². The summed E-state index contributed by atoms with van der Waals surface area (Å²) in [6.07, 6.45) is -9.83. The van der Waals surface area contributed by atoms with E-state index in [1.807, 2.05) is 0 Å². The van der Waals surface area contributed by atoms with Crippen LogP contribution in [0.4, 0.5) is 0 Å². The second-order valence-corrected chi connectivity index (χ2v) is 9.28. The smallest absolute Gasteiger partial charge is 0.126 e. The molecule has 240 valence electrons. The third kappa shape index (κ3) is 11.7. The van der Waals surface area contributed by atoms with Crippen molar-refractivity contribution in [3.05, 3.63) is 47.6 Å². The van der Waals surface area contributed by atoms with E-state index in [2.05, 4.69) is 19.9 Å². The minimum absolute atomic E-state index is 0.0176. The van der Waals surface area contributed by atoms with Crippen LogP contribution in [0.5, 0.6) is 0 Å². The summed E-state index contributed by atoms with van der Waals surface area (Å²) in [6.45, 7) is -2.64. The van der Waals surface area contributed by atoms with Crippen LogP contribution in [-0.2, 0) is 12.8 Å². The zero-order valence-corrected chi connectivity index (χ0v) is 22.4. The lowest BCUT2D eigenvalue weighted by Gasteiger charge is -2.21. The molecule has 0 aliphatic rings.